The summed E-state index contributed by atoms with van der Waals surface area (Å²) >= 11 is 0. The molecular formula is C15H18N2O2. The molecule has 0 bridgehead atoms. The van der Waals surface area contributed by atoms with E-state index in [0.717, 1.165) is 17.9 Å². The van der Waals surface area contributed by atoms with Crippen LogP contribution in [0.2, 0.25) is 0 Å². The topological polar surface area (TPSA) is 47.3 Å². The molecule has 0 fully saturated rings. The molecule has 3 rings (SSSR count). The van der Waals surface area contributed by atoms with E-state index in [1.165, 1.54) is 16.7 Å². The van der Waals surface area contributed by atoms with E-state index in [9.17, 15) is 5.11 Å². The Morgan fingerprint density at radius 2 is 2.26 bits per heavy atom. The molecule has 0 saturated heterocycles. The third-order valence-electron chi connectivity index (χ3n) is 3.38. The van der Waals surface area contributed by atoms with Crippen LogP contribution in [-0.4, -0.2) is 27.6 Å². The lowest BCUT2D eigenvalue weighted by Gasteiger charge is -2.10. The Kier molecular flexibility index (Phi) is 3.03. The first-order valence-electron chi connectivity index (χ1n) is 6.68. The molecule has 0 radical (unpaired) electrons. The molecule has 1 atom stereocenters. The van der Waals surface area contributed by atoms with Crippen molar-refractivity contribution < 1.29 is 9.84 Å². The molecule has 2 aromatic rings. The van der Waals surface area contributed by atoms with Crippen molar-refractivity contribution in [3.63, 3.8) is 0 Å². The number of aliphatic hydroxyl groups excluding tert-OH is 1. The number of aliphatic hydroxyl groups is 1. The predicted octanol–water partition coefficient (Wildman–Crippen LogP) is 2.23. The Hall–Kier alpha value is -1.81. The Bertz CT molecular complexity index is 602. The van der Waals surface area contributed by atoms with Crippen molar-refractivity contribution in [2.45, 2.75) is 32.9 Å². The Balaban J connectivity index is 2.03. The van der Waals surface area contributed by atoms with Gasteiger partial charge in [0.05, 0.1) is 31.1 Å². The molecule has 4 nitrogen and oxygen atoms in total. The average Bonchev–Trinajstić information content (AvgIpc) is 2.89. The summed E-state index contributed by atoms with van der Waals surface area (Å²) in [5, 5.41) is 13.9. The summed E-state index contributed by atoms with van der Waals surface area (Å²) in [5.74, 6) is 0.888. The Morgan fingerprint density at radius 1 is 1.42 bits per heavy atom. The van der Waals surface area contributed by atoms with Crippen LogP contribution in [0, 0.1) is 0 Å². The second-order valence-electron chi connectivity index (χ2n) is 4.98. The summed E-state index contributed by atoms with van der Waals surface area (Å²) in [6.45, 7) is 4.95. The second kappa shape index (κ2) is 4.70. The van der Waals surface area contributed by atoms with Crippen LogP contribution in [0.3, 0.4) is 0 Å². The van der Waals surface area contributed by atoms with Gasteiger partial charge < -0.3 is 9.84 Å². The molecule has 1 aromatic carbocycles. The van der Waals surface area contributed by atoms with Crippen molar-refractivity contribution in [3.05, 3.63) is 35.5 Å². The van der Waals surface area contributed by atoms with Gasteiger partial charge in [-0.3, -0.25) is 4.68 Å². The monoisotopic (exact) mass is 258 g/mol. The standard InChI is InChI=1S/C15H18N2O2/c1-3-19-13-5-4-11-6-12-8-16-17(9-10(2)18)15(12)14(11)7-13/h4-5,7-8,10,18H,3,6,9H2,1-2H3/t10-/m1/s1. The SMILES string of the molecule is CCOc1ccc2c(c1)-c1c(cnn1C[C@@H](C)O)C2. The van der Waals surface area contributed by atoms with E-state index in [2.05, 4.69) is 17.2 Å². The smallest absolute Gasteiger partial charge is 0.119 e. The minimum absolute atomic E-state index is 0.400. The Labute approximate surface area is 112 Å². The highest BCUT2D eigenvalue weighted by Gasteiger charge is 2.24. The van der Waals surface area contributed by atoms with E-state index >= 15 is 0 Å². The highest BCUT2D eigenvalue weighted by Crippen LogP contribution is 2.38. The molecule has 1 aromatic heterocycles. The first-order chi connectivity index (χ1) is 9.19. The molecule has 0 unspecified atom stereocenters. The van der Waals surface area contributed by atoms with Gasteiger partial charge in [0.15, 0.2) is 0 Å². The van der Waals surface area contributed by atoms with E-state index in [-0.39, 0.29) is 0 Å². The summed E-state index contributed by atoms with van der Waals surface area (Å²) in [5.41, 5.74) is 4.83. The van der Waals surface area contributed by atoms with Crippen molar-refractivity contribution in [1.29, 1.82) is 0 Å². The number of hydrogen-bond donors (Lipinski definition) is 1. The van der Waals surface area contributed by atoms with Crippen LogP contribution < -0.4 is 4.74 Å². The Morgan fingerprint density at radius 3 is 3.00 bits per heavy atom. The fourth-order valence-corrected chi connectivity index (χ4v) is 2.65. The number of rotatable bonds is 4. The summed E-state index contributed by atoms with van der Waals surface area (Å²) in [6, 6.07) is 6.21. The number of ether oxygens (including phenoxy) is 1. The van der Waals surface area contributed by atoms with Crippen LogP contribution in [0.5, 0.6) is 5.75 Å². The number of nitrogens with zero attached hydrogens (tertiary/aromatic N) is 2. The molecule has 0 spiro atoms. The average molecular weight is 258 g/mol. The molecule has 0 aliphatic heterocycles. The molecule has 0 amide bonds. The summed E-state index contributed by atoms with van der Waals surface area (Å²) in [6.07, 6.45) is 2.41. The zero-order valence-corrected chi connectivity index (χ0v) is 11.3. The number of aromatic nitrogens is 2. The molecule has 19 heavy (non-hydrogen) atoms. The normalized spacial score (nSPS) is 14.1. The molecule has 1 aliphatic rings. The molecule has 1 aliphatic carbocycles. The van der Waals surface area contributed by atoms with Crippen LogP contribution in [0.25, 0.3) is 11.3 Å². The number of hydrogen-bond acceptors (Lipinski definition) is 3. The van der Waals surface area contributed by atoms with E-state index in [4.69, 9.17) is 4.74 Å². The van der Waals surface area contributed by atoms with Crippen molar-refractivity contribution in [1.82, 2.24) is 9.78 Å². The lowest BCUT2D eigenvalue weighted by Crippen LogP contribution is -2.13. The summed E-state index contributed by atoms with van der Waals surface area (Å²) < 4.78 is 7.46. The van der Waals surface area contributed by atoms with Crippen LogP contribution in [0.1, 0.15) is 25.0 Å². The molecule has 100 valence electrons. The van der Waals surface area contributed by atoms with Gasteiger partial charge in [0.1, 0.15) is 5.75 Å². The van der Waals surface area contributed by atoms with E-state index in [0.29, 0.717) is 13.2 Å². The van der Waals surface area contributed by atoms with Gasteiger partial charge in [-0.2, -0.15) is 5.10 Å². The van der Waals surface area contributed by atoms with E-state index in [1.807, 2.05) is 23.9 Å². The van der Waals surface area contributed by atoms with Crippen molar-refractivity contribution in [3.8, 4) is 17.0 Å². The minimum atomic E-state index is -0.400. The molecule has 1 heterocycles. The van der Waals surface area contributed by atoms with Gasteiger partial charge in [-0.25, -0.2) is 0 Å². The van der Waals surface area contributed by atoms with E-state index < -0.39 is 6.10 Å². The quantitative estimate of drug-likeness (QED) is 0.780. The molecular weight excluding hydrogens is 240 g/mol. The summed E-state index contributed by atoms with van der Waals surface area (Å²) in [4.78, 5) is 0. The third kappa shape index (κ3) is 2.12. The molecule has 0 saturated carbocycles. The van der Waals surface area contributed by atoms with Gasteiger partial charge in [0, 0.05) is 17.5 Å². The zero-order valence-electron chi connectivity index (χ0n) is 11.3. The molecule has 4 heteroatoms. The van der Waals surface area contributed by atoms with Crippen molar-refractivity contribution >= 4 is 0 Å². The zero-order chi connectivity index (χ0) is 13.4. The fourth-order valence-electron chi connectivity index (χ4n) is 2.65. The van der Waals surface area contributed by atoms with Crippen LogP contribution >= 0.6 is 0 Å². The first kappa shape index (κ1) is 12.2. The van der Waals surface area contributed by atoms with Gasteiger partial charge >= 0.3 is 0 Å². The highest BCUT2D eigenvalue weighted by molar-refractivity contribution is 5.75. The summed E-state index contributed by atoms with van der Waals surface area (Å²) in [7, 11) is 0. The van der Waals surface area contributed by atoms with Crippen LogP contribution in [0.15, 0.2) is 24.4 Å². The maximum atomic E-state index is 9.56. The van der Waals surface area contributed by atoms with Gasteiger partial charge in [0.2, 0.25) is 0 Å². The predicted molar refractivity (Wildman–Crippen MR) is 73.3 cm³/mol. The second-order valence-corrected chi connectivity index (χ2v) is 4.98. The van der Waals surface area contributed by atoms with Crippen molar-refractivity contribution in [2.24, 2.45) is 0 Å². The maximum Gasteiger partial charge on any atom is 0.119 e. The highest BCUT2D eigenvalue weighted by atomic mass is 16.5. The number of benzene rings is 1. The lowest BCUT2D eigenvalue weighted by atomic mass is 10.1. The van der Waals surface area contributed by atoms with Gasteiger partial charge in [-0.15, -0.1) is 0 Å². The lowest BCUT2D eigenvalue weighted by molar-refractivity contribution is 0.169. The third-order valence-corrected chi connectivity index (χ3v) is 3.38. The largest absolute Gasteiger partial charge is 0.494 e. The molecule has 1 N–H and O–H groups in total. The van der Waals surface area contributed by atoms with Crippen LogP contribution in [-0.2, 0) is 13.0 Å². The number of fused-ring (bicyclic) bond motifs is 3. The van der Waals surface area contributed by atoms with E-state index in [1.54, 1.807) is 6.92 Å². The van der Waals surface area contributed by atoms with Crippen molar-refractivity contribution in [2.75, 3.05) is 6.61 Å². The van der Waals surface area contributed by atoms with Gasteiger partial charge in [-0.05, 0) is 31.5 Å². The van der Waals surface area contributed by atoms with Crippen LogP contribution in [0.4, 0.5) is 0 Å². The maximum absolute atomic E-state index is 9.56. The minimum Gasteiger partial charge on any atom is -0.494 e. The first-order valence-corrected chi connectivity index (χ1v) is 6.68. The van der Waals surface area contributed by atoms with Gasteiger partial charge in [0.25, 0.3) is 0 Å². The van der Waals surface area contributed by atoms with Gasteiger partial charge in [-0.1, -0.05) is 6.07 Å². The fraction of sp³-hybridized carbons (Fsp3) is 0.400.